The summed E-state index contributed by atoms with van der Waals surface area (Å²) in [4.78, 5) is 2.50. The number of rotatable bonds is 10. The van der Waals surface area contributed by atoms with Crippen molar-refractivity contribution in [3.8, 4) is 0 Å². The van der Waals surface area contributed by atoms with Gasteiger partial charge >= 0.3 is 0 Å². The van der Waals surface area contributed by atoms with Gasteiger partial charge in [0.1, 0.15) is 0 Å². The van der Waals surface area contributed by atoms with Crippen LogP contribution in [0.2, 0.25) is 0 Å². The van der Waals surface area contributed by atoms with Crippen LogP contribution in [0.5, 0.6) is 0 Å². The monoisotopic (exact) mass is 270 g/mol. The average molecular weight is 270 g/mol. The Balaban J connectivity index is 2.31. The van der Waals surface area contributed by atoms with E-state index in [4.69, 9.17) is 5.11 Å². The van der Waals surface area contributed by atoms with Gasteiger partial charge in [0.25, 0.3) is 0 Å². The van der Waals surface area contributed by atoms with Crippen LogP contribution < -0.4 is 5.32 Å². The highest BCUT2D eigenvalue weighted by Gasteiger charge is 2.34. The smallest absolute Gasteiger partial charge is 0.0431 e. The summed E-state index contributed by atoms with van der Waals surface area (Å²) in [5.41, 5.74) is 0.510. The van der Waals surface area contributed by atoms with Crippen LogP contribution in [0.1, 0.15) is 58.8 Å². The molecular formula is C16H34N2O. The van der Waals surface area contributed by atoms with Crippen molar-refractivity contribution in [1.29, 1.82) is 0 Å². The van der Waals surface area contributed by atoms with E-state index >= 15 is 0 Å². The van der Waals surface area contributed by atoms with Crippen molar-refractivity contribution in [2.75, 3.05) is 33.3 Å². The minimum atomic E-state index is 0.339. The Morgan fingerprint density at radius 3 is 2.42 bits per heavy atom. The number of aliphatic hydroxyl groups is 1. The molecule has 0 heterocycles. The molecule has 0 amide bonds. The lowest BCUT2D eigenvalue weighted by Crippen LogP contribution is -2.43. The predicted molar refractivity (Wildman–Crippen MR) is 82.5 cm³/mol. The van der Waals surface area contributed by atoms with Crippen molar-refractivity contribution in [3.05, 3.63) is 0 Å². The third-order valence-corrected chi connectivity index (χ3v) is 4.35. The lowest BCUT2D eigenvalue weighted by atomic mass is 9.85. The minimum Gasteiger partial charge on any atom is -0.396 e. The van der Waals surface area contributed by atoms with Crippen LogP contribution in [0.3, 0.4) is 0 Å². The Kier molecular flexibility index (Phi) is 7.96. The highest BCUT2D eigenvalue weighted by atomic mass is 16.2. The maximum atomic E-state index is 8.80. The zero-order valence-corrected chi connectivity index (χ0v) is 13.2. The molecule has 19 heavy (non-hydrogen) atoms. The van der Waals surface area contributed by atoms with Crippen LogP contribution in [0.4, 0.5) is 0 Å². The Morgan fingerprint density at radius 1 is 1.16 bits per heavy atom. The van der Waals surface area contributed by atoms with E-state index in [1.165, 1.54) is 51.7 Å². The fourth-order valence-corrected chi connectivity index (χ4v) is 3.26. The molecule has 3 nitrogen and oxygen atoms in total. The maximum Gasteiger partial charge on any atom is 0.0431 e. The van der Waals surface area contributed by atoms with E-state index in [1.54, 1.807) is 0 Å². The summed E-state index contributed by atoms with van der Waals surface area (Å²) in [6, 6.07) is 0.590. The molecule has 0 aliphatic heterocycles. The van der Waals surface area contributed by atoms with Gasteiger partial charge < -0.3 is 15.3 Å². The van der Waals surface area contributed by atoms with Gasteiger partial charge in [0.2, 0.25) is 0 Å². The van der Waals surface area contributed by atoms with Gasteiger partial charge in [0.15, 0.2) is 0 Å². The first-order valence-electron chi connectivity index (χ1n) is 8.11. The summed E-state index contributed by atoms with van der Waals surface area (Å²) in [5, 5.41) is 12.5. The molecule has 0 radical (unpaired) electrons. The number of aliphatic hydroxyl groups excluding tert-OH is 1. The van der Waals surface area contributed by atoms with E-state index in [0.29, 0.717) is 18.1 Å². The Bertz CT molecular complexity index is 225. The van der Waals surface area contributed by atoms with Gasteiger partial charge in [-0.1, -0.05) is 26.7 Å². The maximum absolute atomic E-state index is 8.80. The third kappa shape index (κ3) is 6.73. The first-order valence-corrected chi connectivity index (χ1v) is 8.11. The lowest BCUT2D eigenvalue weighted by Gasteiger charge is -2.34. The molecular weight excluding hydrogens is 236 g/mol. The van der Waals surface area contributed by atoms with Gasteiger partial charge in [-0.05, 0) is 51.1 Å². The number of nitrogens with zero attached hydrogens (tertiary/aromatic N) is 1. The highest BCUT2D eigenvalue weighted by molar-refractivity contribution is 4.89. The molecule has 1 rings (SSSR count). The summed E-state index contributed by atoms with van der Waals surface area (Å²) >= 11 is 0. The normalized spacial score (nSPS) is 18.6. The van der Waals surface area contributed by atoms with Gasteiger partial charge in [-0.25, -0.2) is 0 Å². The highest BCUT2D eigenvalue weighted by Crippen LogP contribution is 2.38. The Morgan fingerprint density at radius 2 is 1.84 bits per heavy atom. The van der Waals surface area contributed by atoms with Crippen LogP contribution in [0, 0.1) is 5.41 Å². The Labute approximate surface area is 119 Å². The second-order valence-electron chi connectivity index (χ2n) is 6.76. The molecule has 0 bridgehead atoms. The molecule has 3 heteroatoms. The van der Waals surface area contributed by atoms with Gasteiger partial charge in [0, 0.05) is 25.7 Å². The van der Waals surface area contributed by atoms with E-state index in [2.05, 4.69) is 31.1 Å². The summed E-state index contributed by atoms with van der Waals surface area (Å²) in [6.45, 7) is 8.38. The van der Waals surface area contributed by atoms with Crippen LogP contribution in [-0.4, -0.2) is 49.3 Å². The predicted octanol–water partition coefficient (Wildman–Crippen LogP) is 2.64. The van der Waals surface area contributed by atoms with Gasteiger partial charge in [0.05, 0.1) is 0 Å². The molecule has 0 spiro atoms. The summed E-state index contributed by atoms with van der Waals surface area (Å²) in [6.07, 6.45) is 8.88. The Hall–Kier alpha value is -0.120. The van der Waals surface area contributed by atoms with Crippen LogP contribution in [-0.2, 0) is 0 Å². The first kappa shape index (κ1) is 16.9. The SMILES string of the molecule is CC(C)NCC1(CN(C)CCCCCO)CCCC1. The summed E-state index contributed by atoms with van der Waals surface area (Å²) in [5.74, 6) is 0. The van der Waals surface area contributed by atoms with E-state index in [9.17, 15) is 0 Å². The molecule has 114 valence electrons. The summed E-state index contributed by atoms with van der Waals surface area (Å²) < 4.78 is 0. The third-order valence-electron chi connectivity index (χ3n) is 4.35. The average Bonchev–Trinajstić information content (AvgIpc) is 2.81. The van der Waals surface area contributed by atoms with Gasteiger partial charge in [-0.15, -0.1) is 0 Å². The topological polar surface area (TPSA) is 35.5 Å². The number of hydrogen-bond donors (Lipinski definition) is 2. The van der Waals surface area contributed by atoms with Crippen molar-refractivity contribution in [1.82, 2.24) is 10.2 Å². The zero-order chi connectivity index (χ0) is 14.1. The fraction of sp³-hybridized carbons (Fsp3) is 1.00. The standard InChI is InChI=1S/C16H34N2O/c1-15(2)17-13-16(9-5-6-10-16)14-18(3)11-7-4-8-12-19/h15,17,19H,4-14H2,1-3H3. The molecule has 0 aromatic rings. The molecule has 0 unspecified atom stereocenters. The lowest BCUT2D eigenvalue weighted by molar-refractivity contribution is 0.166. The summed E-state index contributed by atoms with van der Waals surface area (Å²) in [7, 11) is 2.26. The number of hydrogen-bond acceptors (Lipinski definition) is 3. The van der Waals surface area contributed by atoms with Crippen LogP contribution in [0.25, 0.3) is 0 Å². The van der Waals surface area contributed by atoms with Crippen molar-refractivity contribution >= 4 is 0 Å². The first-order chi connectivity index (χ1) is 9.08. The van der Waals surface area contributed by atoms with E-state index in [0.717, 1.165) is 12.8 Å². The molecule has 1 fully saturated rings. The van der Waals surface area contributed by atoms with Gasteiger partial charge in [-0.3, -0.25) is 0 Å². The van der Waals surface area contributed by atoms with E-state index in [-0.39, 0.29) is 0 Å². The largest absolute Gasteiger partial charge is 0.396 e. The zero-order valence-electron chi connectivity index (χ0n) is 13.2. The fourth-order valence-electron chi connectivity index (χ4n) is 3.26. The van der Waals surface area contributed by atoms with Gasteiger partial charge in [-0.2, -0.15) is 0 Å². The van der Waals surface area contributed by atoms with E-state index in [1.807, 2.05) is 0 Å². The quantitative estimate of drug-likeness (QED) is 0.599. The molecule has 0 aromatic carbocycles. The van der Waals surface area contributed by atoms with Crippen molar-refractivity contribution in [3.63, 3.8) is 0 Å². The van der Waals surface area contributed by atoms with Crippen LogP contribution >= 0.6 is 0 Å². The van der Waals surface area contributed by atoms with Crippen LogP contribution in [0.15, 0.2) is 0 Å². The van der Waals surface area contributed by atoms with Crippen molar-refractivity contribution in [2.45, 2.75) is 64.8 Å². The molecule has 2 N–H and O–H groups in total. The second kappa shape index (κ2) is 8.93. The molecule has 1 aliphatic carbocycles. The second-order valence-corrected chi connectivity index (χ2v) is 6.76. The van der Waals surface area contributed by atoms with Crippen molar-refractivity contribution < 1.29 is 5.11 Å². The molecule has 1 saturated carbocycles. The molecule has 0 aromatic heterocycles. The van der Waals surface area contributed by atoms with Crippen molar-refractivity contribution in [2.24, 2.45) is 5.41 Å². The number of unbranched alkanes of at least 4 members (excludes halogenated alkanes) is 2. The van der Waals surface area contributed by atoms with E-state index < -0.39 is 0 Å². The number of nitrogens with one attached hydrogen (secondary N) is 1. The molecule has 0 saturated heterocycles. The minimum absolute atomic E-state index is 0.339. The molecule has 0 atom stereocenters. The molecule has 1 aliphatic rings.